The summed E-state index contributed by atoms with van der Waals surface area (Å²) < 4.78 is 0. The number of benzene rings is 2. The summed E-state index contributed by atoms with van der Waals surface area (Å²) in [6.45, 7) is 1.79. The number of thiocarbonyl (C=S) groups is 2. The third-order valence-electron chi connectivity index (χ3n) is 2.81. The number of anilines is 2. The Labute approximate surface area is 157 Å². The van der Waals surface area contributed by atoms with Crippen LogP contribution in [0.4, 0.5) is 11.4 Å². The second-order valence-corrected chi connectivity index (χ2v) is 5.69. The van der Waals surface area contributed by atoms with Crippen molar-refractivity contribution in [1.29, 1.82) is 0 Å². The van der Waals surface area contributed by atoms with Gasteiger partial charge in [-0.25, -0.2) is 0 Å². The van der Waals surface area contributed by atoms with Crippen molar-refractivity contribution in [3.8, 4) is 0 Å². The first kappa shape index (κ1) is 18.5. The third kappa shape index (κ3) is 7.51. The van der Waals surface area contributed by atoms with E-state index in [0.29, 0.717) is 15.9 Å². The Kier molecular flexibility index (Phi) is 7.48. The lowest BCUT2D eigenvalue weighted by Crippen LogP contribution is -2.26. The maximum atomic E-state index is 5.16. The van der Waals surface area contributed by atoms with Crippen LogP contribution in [0.5, 0.6) is 0 Å². The van der Waals surface area contributed by atoms with Gasteiger partial charge in [0, 0.05) is 11.4 Å². The van der Waals surface area contributed by atoms with Crippen molar-refractivity contribution in [1.82, 2.24) is 10.9 Å². The van der Waals surface area contributed by atoms with Crippen LogP contribution in [-0.4, -0.2) is 22.2 Å². The molecule has 25 heavy (non-hydrogen) atoms. The van der Waals surface area contributed by atoms with Gasteiger partial charge in [0.1, 0.15) is 0 Å². The van der Waals surface area contributed by atoms with E-state index < -0.39 is 0 Å². The molecule has 0 fully saturated rings. The Bertz CT molecular complexity index is 759. The predicted octanol–water partition coefficient (Wildman–Crippen LogP) is 3.32. The van der Waals surface area contributed by atoms with Crippen molar-refractivity contribution in [3.05, 3.63) is 60.7 Å². The van der Waals surface area contributed by atoms with Crippen LogP contribution in [0.25, 0.3) is 0 Å². The summed E-state index contributed by atoms with van der Waals surface area (Å²) in [6.07, 6.45) is 1.54. The standard InChI is InChI=1S/C17H18N6S2/c1-13(21-23-17(25)20-15-10-6-3-7-11-15)12-18-22-16(24)19-14-8-4-2-5-9-14/h2-12H,1H3,(H2,19,22,24)(H2,20,23,25)/b18-12-,21-13-. The lowest BCUT2D eigenvalue weighted by molar-refractivity contribution is 1.03. The van der Waals surface area contributed by atoms with Gasteiger partial charge in [-0.1, -0.05) is 36.4 Å². The molecule has 2 aromatic rings. The molecule has 0 spiro atoms. The first-order valence-corrected chi connectivity index (χ1v) is 8.26. The minimum absolute atomic E-state index is 0.393. The summed E-state index contributed by atoms with van der Waals surface area (Å²) in [5.74, 6) is 0. The van der Waals surface area contributed by atoms with Gasteiger partial charge < -0.3 is 10.6 Å². The number of hydrogen-bond acceptors (Lipinski definition) is 4. The van der Waals surface area contributed by atoms with Gasteiger partial charge in [0.2, 0.25) is 0 Å². The van der Waals surface area contributed by atoms with E-state index in [1.807, 2.05) is 60.7 Å². The highest BCUT2D eigenvalue weighted by molar-refractivity contribution is 7.80. The second kappa shape index (κ2) is 10.1. The number of hydrogen-bond donors (Lipinski definition) is 4. The van der Waals surface area contributed by atoms with Crippen LogP contribution in [0.15, 0.2) is 70.9 Å². The average Bonchev–Trinajstić information content (AvgIpc) is 2.62. The Morgan fingerprint density at radius 1 is 0.800 bits per heavy atom. The molecule has 0 saturated heterocycles. The van der Waals surface area contributed by atoms with E-state index in [0.717, 1.165) is 11.4 Å². The van der Waals surface area contributed by atoms with E-state index in [4.69, 9.17) is 24.4 Å². The van der Waals surface area contributed by atoms with Crippen LogP contribution in [0.3, 0.4) is 0 Å². The molecule has 0 radical (unpaired) electrons. The average molecular weight is 371 g/mol. The van der Waals surface area contributed by atoms with Crippen LogP contribution in [0.1, 0.15) is 6.92 Å². The Balaban J connectivity index is 1.73. The molecule has 0 heterocycles. The molecule has 2 rings (SSSR count). The minimum atomic E-state index is 0.393. The van der Waals surface area contributed by atoms with Gasteiger partial charge in [0.05, 0.1) is 11.9 Å². The molecule has 6 nitrogen and oxygen atoms in total. The van der Waals surface area contributed by atoms with Gasteiger partial charge in [0.15, 0.2) is 10.2 Å². The summed E-state index contributed by atoms with van der Waals surface area (Å²) in [6, 6.07) is 19.2. The van der Waals surface area contributed by atoms with E-state index in [-0.39, 0.29) is 0 Å². The molecule has 0 saturated carbocycles. The molecule has 128 valence electrons. The molecule has 0 aliphatic carbocycles. The van der Waals surface area contributed by atoms with E-state index in [9.17, 15) is 0 Å². The molecule has 0 bridgehead atoms. The molecule has 0 atom stereocenters. The van der Waals surface area contributed by atoms with Crippen LogP contribution in [-0.2, 0) is 0 Å². The molecule has 2 aromatic carbocycles. The van der Waals surface area contributed by atoms with Crippen molar-refractivity contribution in [2.75, 3.05) is 10.6 Å². The van der Waals surface area contributed by atoms with E-state index in [1.54, 1.807) is 6.92 Å². The smallest absolute Gasteiger partial charge is 0.191 e. The van der Waals surface area contributed by atoms with E-state index in [2.05, 4.69) is 31.7 Å². The maximum absolute atomic E-state index is 5.16. The van der Waals surface area contributed by atoms with Gasteiger partial charge in [-0.3, -0.25) is 10.9 Å². The normalized spacial score (nSPS) is 11.0. The fourth-order valence-electron chi connectivity index (χ4n) is 1.71. The van der Waals surface area contributed by atoms with Crippen molar-refractivity contribution in [2.24, 2.45) is 10.2 Å². The number of hydrazone groups is 2. The van der Waals surface area contributed by atoms with Gasteiger partial charge in [-0.2, -0.15) is 10.2 Å². The second-order valence-electron chi connectivity index (χ2n) is 4.88. The Hall–Kier alpha value is -2.84. The van der Waals surface area contributed by atoms with Crippen molar-refractivity contribution in [2.45, 2.75) is 6.92 Å². The van der Waals surface area contributed by atoms with E-state index >= 15 is 0 Å². The highest BCUT2D eigenvalue weighted by Crippen LogP contribution is 2.04. The van der Waals surface area contributed by atoms with Crippen LogP contribution in [0.2, 0.25) is 0 Å². The number of nitrogens with one attached hydrogen (secondary N) is 4. The number of para-hydroxylation sites is 2. The molecule has 0 amide bonds. The fourth-order valence-corrected chi connectivity index (χ4v) is 2.05. The Morgan fingerprint density at radius 2 is 1.28 bits per heavy atom. The van der Waals surface area contributed by atoms with Crippen molar-refractivity contribution in [3.63, 3.8) is 0 Å². The molecule has 0 unspecified atom stereocenters. The minimum Gasteiger partial charge on any atom is -0.331 e. The first-order chi connectivity index (χ1) is 12.1. The highest BCUT2D eigenvalue weighted by Gasteiger charge is 1.96. The molecule has 0 aliphatic heterocycles. The zero-order valence-corrected chi connectivity index (χ0v) is 15.2. The molecule has 0 aliphatic rings. The van der Waals surface area contributed by atoms with Gasteiger partial charge >= 0.3 is 0 Å². The summed E-state index contributed by atoms with van der Waals surface area (Å²) >= 11 is 10.3. The molecule has 4 N–H and O–H groups in total. The molecular formula is C17H18N6S2. The monoisotopic (exact) mass is 370 g/mol. The summed E-state index contributed by atoms with van der Waals surface area (Å²) in [5, 5.41) is 15.0. The first-order valence-electron chi connectivity index (χ1n) is 7.45. The number of rotatable bonds is 5. The fraction of sp³-hybridized carbons (Fsp3) is 0.0588. The molecule has 8 heteroatoms. The third-order valence-corrected chi connectivity index (χ3v) is 3.20. The Morgan fingerprint density at radius 3 is 1.80 bits per heavy atom. The van der Waals surface area contributed by atoms with Gasteiger partial charge in [0.25, 0.3) is 0 Å². The van der Waals surface area contributed by atoms with Gasteiger partial charge in [-0.05, 0) is 55.6 Å². The van der Waals surface area contributed by atoms with Crippen LogP contribution < -0.4 is 21.5 Å². The zero-order valence-electron chi connectivity index (χ0n) is 13.6. The summed E-state index contributed by atoms with van der Waals surface area (Å²) in [7, 11) is 0. The van der Waals surface area contributed by atoms with Crippen LogP contribution >= 0.6 is 24.4 Å². The number of nitrogens with zero attached hydrogens (tertiary/aromatic N) is 2. The predicted molar refractivity (Wildman–Crippen MR) is 113 cm³/mol. The largest absolute Gasteiger partial charge is 0.331 e. The maximum Gasteiger partial charge on any atom is 0.191 e. The highest BCUT2D eigenvalue weighted by atomic mass is 32.1. The summed E-state index contributed by atoms with van der Waals surface area (Å²) in [5.41, 5.74) is 7.88. The van der Waals surface area contributed by atoms with Gasteiger partial charge in [-0.15, -0.1) is 0 Å². The topological polar surface area (TPSA) is 72.8 Å². The zero-order chi connectivity index (χ0) is 17.9. The molecular weight excluding hydrogens is 352 g/mol. The quantitative estimate of drug-likeness (QED) is 0.368. The SMILES string of the molecule is CC(/C=N\NC(=S)Nc1ccccc1)=N/NC(=S)Nc1ccccc1. The lowest BCUT2D eigenvalue weighted by Gasteiger charge is -2.07. The lowest BCUT2D eigenvalue weighted by atomic mass is 10.3. The molecule has 0 aromatic heterocycles. The summed E-state index contributed by atoms with van der Waals surface area (Å²) in [4.78, 5) is 0. The van der Waals surface area contributed by atoms with Crippen LogP contribution in [0, 0.1) is 0 Å². The van der Waals surface area contributed by atoms with E-state index in [1.165, 1.54) is 6.21 Å². The van der Waals surface area contributed by atoms with Crippen molar-refractivity contribution >= 4 is 58.0 Å². The van der Waals surface area contributed by atoms with Crippen molar-refractivity contribution < 1.29 is 0 Å².